The highest BCUT2D eigenvalue weighted by Crippen LogP contribution is 2.36. The lowest BCUT2D eigenvalue weighted by atomic mass is 10.0. The summed E-state index contributed by atoms with van der Waals surface area (Å²) >= 11 is 0. The quantitative estimate of drug-likeness (QED) is 0.845. The minimum absolute atomic E-state index is 0.129. The largest absolute Gasteiger partial charge is 0.454 e. The van der Waals surface area contributed by atoms with Crippen LogP contribution in [0.25, 0.3) is 0 Å². The van der Waals surface area contributed by atoms with Gasteiger partial charge >= 0.3 is 0 Å². The van der Waals surface area contributed by atoms with Crippen LogP contribution in [0, 0.1) is 5.82 Å². The molecule has 4 rings (SSSR count). The Morgan fingerprint density at radius 3 is 2.52 bits per heavy atom. The van der Waals surface area contributed by atoms with E-state index >= 15 is 0 Å². The second kappa shape index (κ2) is 8.15. The maximum absolute atomic E-state index is 13.1. The number of fused-ring (bicyclic) bond motifs is 1. The van der Waals surface area contributed by atoms with Crippen LogP contribution >= 0.6 is 0 Å². The molecule has 2 heterocycles. The van der Waals surface area contributed by atoms with Gasteiger partial charge in [0, 0.05) is 44.0 Å². The van der Waals surface area contributed by atoms with Crippen LogP contribution in [0.15, 0.2) is 42.5 Å². The maximum atomic E-state index is 13.1. The van der Waals surface area contributed by atoms with Gasteiger partial charge in [-0.25, -0.2) is 4.39 Å². The van der Waals surface area contributed by atoms with Gasteiger partial charge in [-0.05, 0) is 42.7 Å². The lowest BCUT2D eigenvalue weighted by molar-refractivity contribution is 0.126. The maximum Gasteiger partial charge on any atom is 0.231 e. The predicted octanol–water partition coefficient (Wildman–Crippen LogP) is 3.02. The highest BCUT2D eigenvalue weighted by atomic mass is 19.1. The molecule has 2 aromatic rings. The average Bonchev–Trinajstić information content (AvgIpc) is 3.17. The molecule has 2 aliphatic rings. The van der Waals surface area contributed by atoms with E-state index in [4.69, 9.17) is 9.47 Å². The van der Waals surface area contributed by atoms with E-state index < -0.39 is 0 Å². The number of aliphatic hydroxyl groups is 1. The SMILES string of the molecule is OCCN(Cc1ccc(F)cc1)C1CCN(c2ccc3c(c2)OCO3)CC1. The molecule has 0 spiro atoms. The normalized spacial score (nSPS) is 16.9. The van der Waals surface area contributed by atoms with Gasteiger partial charge in [-0.1, -0.05) is 12.1 Å². The van der Waals surface area contributed by atoms with Crippen LogP contribution in [0.2, 0.25) is 0 Å². The number of rotatable bonds is 6. The Morgan fingerprint density at radius 2 is 1.78 bits per heavy atom. The Kier molecular flexibility index (Phi) is 5.45. The van der Waals surface area contributed by atoms with Crippen LogP contribution in [0.3, 0.4) is 0 Å². The number of piperidine rings is 1. The molecule has 2 aliphatic heterocycles. The standard InChI is InChI=1S/C21H25FN2O3/c22-17-3-1-16(2-4-17)14-24(11-12-25)18-7-9-23(10-8-18)19-5-6-20-21(13-19)27-15-26-20/h1-6,13,18,25H,7-12,14-15H2. The highest BCUT2D eigenvalue weighted by Gasteiger charge is 2.25. The summed E-state index contributed by atoms with van der Waals surface area (Å²) in [7, 11) is 0. The number of aliphatic hydroxyl groups excluding tert-OH is 1. The summed E-state index contributed by atoms with van der Waals surface area (Å²) in [6.45, 7) is 3.69. The number of ether oxygens (including phenoxy) is 2. The van der Waals surface area contributed by atoms with E-state index in [2.05, 4.69) is 15.9 Å². The molecule has 2 aromatic carbocycles. The molecule has 6 heteroatoms. The predicted molar refractivity (Wildman–Crippen MR) is 102 cm³/mol. The van der Waals surface area contributed by atoms with Gasteiger partial charge in [0.15, 0.2) is 11.5 Å². The lowest BCUT2D eigenvalue weighted by Gasteiger charge is -2.39. The molecule has 0 bridgehead atoms. The molecule has 0 saturated carbocycles. The summed E-state index contributed by atoms with van der Waals surface area (Å²) in [5.41, 5.74) is 2.23. The Balaban J connectivity index is 1.38. The summed E-state index contributed by atoms with van der Waals surface area (Å²) in [5.74, 6) is 1.40. The van der Waals surface area contributed by atoms with E-state index in [-0.39, 0.29) is 12.4 Å². The van der Waals surface area contributed by atoms with Crippen LogP contribution in [-0.4, -0.2) is 49.1 Å². The zero-order chi connectivity index (χ0) is 18.6. The van der Waals surface area contributed by atoms with E-state index in [1.165, 1.54) is 12.1 Å². The molecular weight excluding hydrogens is 347 g/mol. The molecule has 27 heavy (non-hydrogen) atoms. The molecule has 0 aliphatic carbocycles. The summed E-state index contributed by atoms with van der Waals surface area (Å²) in [5, 5.41) is 9.47. The van der Waals surface area contributed by atoms with Gasteiger partial charge < -0.3 is 19.5 Å². The zero-order valence-corrected chi connectivity index (χ0v) is 15.3. The molecule has 1 saturated heterocycles. The number of halogens is 1. The summed E-state index contributed by atoms with van der Waals surface area (Å²) in [6.07, 6.45) is 2.05. The van der Waals surface area contributed by atoms with Crippen molar-refractivity contribution in [1.82, 2.24) is 4.90 Å². The van der Waals surface area contributed by atoms with Gasteiger partial charge in [0.1, 0.15) is 5.82 Å². The zero-order valence-electron chi connectivity index (χ0n) is 15.3. The van der Waals surface area contributed by atoms with E-state index in [9.17, 15) is 9.50 Å². The fourth-order valence-electron chi connectivity index (χ4n) is 3.91. The molecule has 0 radical (unpaired) electrons. The van der Waals surface area contributed by atoms with Crippen LogP contribution in [-0.2, 0) is 6.54 Å². The third kappa shape index (κ3) is 4.17. The van der Waals surface area contributed by atoms with Crippen molar-refractivity contribution in [3.8, 4) is 11.5 Å². The number of benzene rings is 2. The summed E-state index contributed by atoms with van der Waals surface area (Å²) in [4.78, 5) is 4.68. The summed E-state index contributed by atoms with van der Waals surface area (Å²) in [6, 6.07) is 13.1. The van der Waals surface area contributed by atoms with E-state index in [0.717, 1.165) is 55.2 Å². The lowest BCUT2D eigenvalue weighted by Crippen LogP contribution is -2.45. The fraction of sp³-hybridized carbons (Fsp3) is 0.429. The van der Waals surface area contributed by atoms with Crippen molar-refractivity contribution in [2.45, 2.75) is 25.4 Å². The van der Waals surface area contributed by atoms with Gasteiger partial charge in [-0.2, -0.15) is 0 Å². The molecule has 144 valence electrons. The summed E-state index contributed by atoms with van der Waals surface area (Å²) < 4.78 is 24.0. The molecule has 0 atom stereocenters. The first-order valence-electron chi connectivity index (χ1n) is 9.47. The number of hydrogen-bond donors (Lipinski definition) is 1. The van der Waals surface area contributed by atoms with Crippen LogP contribution < -0.4 is 14.4 Å². The van der Waals surface area contributed by atoms with Crippen LogP contribution in [0.1, 0.15) is 18.4 Å². The second-order valence-corrected chi connectivity index (χ2v) is 7.08. The Labute approximate surface area is 158 Å². The third-order valence-electron chi connectivity index (χ3n) is 5.39. The second-order valence-electron chi connectivity index (χ2n) is 7.08. The molecule has 0 aromatic heterocycles. The van der Waals surface area contributed by atoms with Crippen molar-refractivity contribution >= 4 is 5.69 Å². The minimum Gasteiger partial charge on any atom is -0.454 e. The number of nitrogens with zero attached hydrogens (tertiary/aromatic N) is 2. The first-order valence-corrected chi connectivity index (χ1v) is 9.47. The van der Waals surface area contributed by atoms with E-state index in [1.54, 1.807) is 0 Å². The van der Waals surface area contributed by atoms with E-state index in [0.29, 0.717) is 19.4 Å². The van der Waals surface area contributed by atoms with Gasteiger partial charge in [-0.3, -0.25) is 4.90 Å². The Morgan fingerprint density at radius 1 is 1.04 bits per heavy atom. The van der Waals surface area contributed by atoms with Crippen molar-refractivity contribution in [2.24, 2.45) is 0 Å². The van der Waals surface area contributed by atoms with Gasteiger partial charge in [-0.15, -0.1) is 0 Å². The number of anilines is 1. The first kappa shape index (κ1) is 18.1. The highest BCUT2D eigenvalue weighted by molar-refractivity contribution is 5.57. The van der Waals surface area contributed by atoms with Crippen LogP contribution in [0.4, 0.5) is 10.1 Å². The third-order valence-corrected chi connectivity index (χ3v) is 5.39. The van der Waals surface area contributed by atoms with Crippen molar-refractivity contribution < 1.29 is 19.0 Å². The van der Waals surface area contributed by atoms with E-state index in [1.807, 2.05) is 24.3 Å². The van der Waals surface area contributed by atoms with Crippen LogP contribution in [0.5, 0.6) is 11.5 Å². The Bertz CT molecular complexity index is 761. The molecular formula is C21H25FN2O3. The molecule has 0 amide bonds. The van der Waals surface area contributed by atoms with Gasteiger partial charge in [0.2, 0.25) is 6.79 Å². The topological polar surface area (TPSA) is 45.2 Å². The molecule has 0 unspecified atom stereocenters. The monoisotopic (exact) mass is 372 g/mol. The molecule has 1 N–H and O–H groups in total. The molecule has 1 fully saturated rings. The smallest absolute Gasteiger partial charge is 0.231 e. The number of hydrogen-bond acceptors (Lipinski definition) is 5. The van der Waals surface area contributed by atoms with Crippen molar-refractivity contribution in [2.75, 3.05) is 37.9 Å². The fourth-order valence-corrected chi connectivity index (χ4v) is 3.91. The molecule has 5 nitrogen and oxygen atoms in total. The van der Waals surface area contributed by atoms with Gasteiger partial charge in [0.05, 0.1) is 6.61 Å². The average molecular weight is 372 g/mol. The van der Waals surface area contributed by atoms with Gasteiger partial charge in [0.25, 0.3) is 0 Å². The van der Waals surface area contributed by atoms with Crippen molar-refractivity contribution in [3.63, 3.8) is 0 Å². The first-order chi connectivity index (χ1) is 13.2. The Hall–Kier alpha value is -2.31. The van der Waals surface area contributed by atoms with Crippen molar-refractivity contribution in [1.29, 1.82) is 0 Å². The minimum atomic E-state index is -0.218. The van der Waals surface area contributed by atoms with Crippen molar-refractivity contribution in [3.05, 3.63) is 53.8 Å².